The van der Waals surface area contributed by atoms with Gasteiger partial charge in [-0.25, -0.2) is 4.98 Å². The van der Waals surface area contributed by atoms with Crippen LogP contribution in [0.25, 0.3) is 33.5 Å². The number of ether oxygens (including phenoxy) is 1. The number of benzene rings is 2. The van der Waals surface area contributed by atoms with E-state index in [0.29, 0.717) is 22.6 Å². The summed E-state index contributed by atoms with van der Waals surface area (Å²) in [4.78, 5) is 7.87. The number of rotatable bonds is 5. The zero-order chi connectivity index (χ0) is 19.8. The van der Waals surface area contributed by atoms with E-state index in [1.165, 1.54) is 11.8 Å². The fourth-order valence-electron chi connectivity index (χ4n) is 3.01. The van der Waals surface area contributed by atoms with Gasteiger partial charge in [0, 0.05) is 16.5 Å². The van der Waals surface area contributed by atoms with E-state index in [0.717, 1.165) is 27.7 Å². The van der Waals surface area contributed by atoms with E-state index >= 15 is 0 Å². The summed E-state index contributed by atoms with van der Waals surface area (Å²) in [7, 11) is 1.63. The van der Waals surface area contributed by atoms with E-state index < -0.39 is 0 Å². The highest BCUT2D eigenvalue weighted by Crippen LogP contribution is 2.34. The Hall–Kier alpha value is -3.46. The zero-order valence-electron chi connectivity index (χ0n) is 15.7. The van der Waals surface area contributed by atoms with Crippen molar-refractivity contribution >= 4 is 33.8 Å². The number of hydrogen-bond acceptors (Lipinski definition) is 8. The van der Waals surface area contributed by atoms with Gasteiger partial charge in [-0.1, -0.05) is 30.0 Å². The normalized spacial score (nSPS) is 12.5. The summed E-state index contributed by atoms with van der Waals surface area (Å²) in [5.41, 5.74) is 3.29. The second kappa shape index (κ2) is 7.17. The molecule has 9 heteroatoms. The predicted octanol–water partition coefficient (Wildman–Crippen LogP) is 4.42. The Bertz CT molecular complexity index is 1300. The van der Waals surface area contributed by atoms with Crippen LogP contribution in [-0.2, 0) is 0 Å². The third kappa shape index (κ3) is 3.29. The lowest BCUT2D eigenvalue weighted by atomic mass is 10.2. The first-order chi connectivity index (χ1) is 14.2. The molecular formula is C20H16N6O2S. The van der Waals surface area contributed by atoms with Crippen LogP contribution in [0.1, 0.15) is 18.1 Å². The highest BCUT2D eigenvalue weighted by atomic mass is 32.2. The predicted molar refractivity (Wildman–Crippen MR) is 110 cm³/mol. The molecule has 0 aliphatic rings. The lowest BCUT2D eigenvalue weighted by Crippen LogP contribution is -1.95. The van der Waals surface area contributed by atoms with Crippen LogP contribution in [0.2, 0.25) is 0 Å². The van der Waals surface area contributed by atoms with Gasteiger partial charge in [0.05, 0.1) is 12.4 Å². The highest BCUT2D eigenvalue weighted by molar-refractivity contribution is 7.99. The summed E-state index contributed by atoms with van der Waals surface area (Å²) in [6.07, 6.45) is 0. The van der Waals surface area contributed by atoms with Crippen molar-refractivity contribution < 1.29 is 9.15 Å². The minimum absolute atomic E-state index is 0.127. The van der Waals surface area contributed by atoms with E-state index in [2.05, 4.69) is 30.4 Å². The fourth-order valence-corrected chi connectivity index (χ4v) is 3.76. The van der Waals surface area contributed by atoms with E-state index in [1.807, 2.05) is 55.5 Å². The molecule has 0 radical (unpaired) electrons. The number of thioether (sulfide) groups is 1. The molecule has 0 amide bonds. The average molecular weight is 404 g/mol. The van der Waals surface area contributed by atoms with Gasteiger partial charge in [0.2, 0.25) is 16.9 Å². The van der Waals surface area contributed by atoms with Crippen LogP contribution >= 0.6 is 11.8 Å². The number of methoxy groups -OCH3 is 1. The molecule has 0 aliphatic heterocycles. The van der Waals surface area contributed by atoms with Gasteiger partial charge in [-0.2, -0.15) is 0 Å². The number of aromatic nitrogens is 6. The topological polar surface area (TPSA) is 103 Å². The van der Waals surface area contributed by atoms with Crippen LogP contribution in [0.15, 0.2) is 58.1 Å². The van der Waals surface area contributed by atoms with Crippen LogP contribution in [0.3, 0.4) is 0 Å². The maximum absolute atomic E-state index is 5.85. The Morgan fingerprint density at radius 3 is 2.66 bits per heavy atom. The van der Waals surface area contributed by atoms with Gasteiger partial charge >= 0.3 is 0 Å². The van der Waals surface area contributed by atoms with Crippen molar-refractivity contribution in [2.24, 2.45) is 0 Å². The Labute approximate surface area is 169 Å². The highest BCUT2D eigenvalue weighted by Gasteiger charge is 2.19. The van der Waals surface area contributed by atoms with Crippen molar-refractivity contribution in [1.82, 2.24) is 30.4 Å². The van der Waals surface area contributed by atoms with Gasteiger partial charge in [0.15, 0.2) is 5.65 Å². The molecule has 0 fully saturated rings. The summed E-state index contributed by atoms with van der Waals surface area (Å²) in [5.74, 6) is 1.73. The number of fused-ring (bicyclic) bond motifs is 3. The molecule has 0 unspecified atom stereocenters. The molecule has 0 spiro atoms. The second-order valence-electron chi connectivity index (χ2n) is 6.40. The Kier molecular flexibility index (Phi) is 4.36. The number of aromatic amines is 1. The first kappa shape index (κ1) is 17.6. The minimum Gasteiger partial charge on any atom is -0.497 e. The smallest absolute Gasteiger partial charge is 0.247 e. The molecule has 1 N–H and O–H groups in total. The SMILES string of the molecule is COc1ccc(-c2nnc([C@@H](C)Sc3nnc4c(n3)[nH]c3ccccc34)o2)cc1. The number of hydrogen-bond donors (Lipinski definition) is 1. The van der Waals surface area contributed by atoms with Crippen molar-refractivity contribution in [3.8, 4) is 17.2 Å². The van der Waals surface area contributed by atoms with Gasteiger partial charge in [-0.05, 0) is 37.3 Å². The maximum Gasteiger partial charge on any atom is 0.247 e. The van der Waals surface area contributed by atoms with Gasteiger partial charge in [-0.15, -0.1) is 20.4 Å². The van der Waals surface area contributed by atoms with Crippen molar-refractivity contribution in [3.63, 3.8) is 0 Å². The fraction of sp³-hybridized carbons (Fsp3) is 0.150. The van der Waals surface area contributed by atoms with Crippen LogP contribution in [0, 0.1) is 0 Å². The first-order valence-corrected chi connectivity index (χ1v) is 9.85. The lowest BCUT2D eigenvalue weighted by molar-refractivity contribution is 0.415. The number of nitrogens with zero attached hydrogens (tertiary/aromatic N) is 5. The third-order valence-electron chi connectivity index (χ3n) is 4.51. The van der Waals surface area contributed by atoms with E-state index in [1.54, 1.807) is 7.11 Å². The second-order valence-corrected chi connectivity index (χ2v) is 7.70. The molecule has 144 valence electrons. The van der Waals surface area contributed by atoms with E-state index in [4.69, 9.17) is 9.15 Å². The van der Waals surface area contributed by atoms with Crippen LogP contribution in [-0.4, -0.2) is 37.5 Å². The number of para-hydroxylation sites is 1. The molecule has 3 heterocycles. The van der Waals surface area contributed by atoms with Gasteiger partial charge in [0.25, 0.3) is 0 Å². The molecule has 5 rings (SSSR count). The van der Waals surface area contributed by atoms with Crippen LogP contribution in [0.5, 0.6) is 5.75 Å². The van der Waals surface area contributed by atoms with Crippen LogP contribution in [0.4, 0.5) is 0 Å². The zero-order valence-corrected chi connectivity index (χ0v) is 16.5. The monoisotopic (exact) mass is 404 g/mol. The van der Waals surface area contributed by atoms with Gasteiger partial charge in [-0.3, -0.25) is 0 Å². The summed E-state index contributed by atoms with van der Waals surface area (Å²) >= 11 is 1.42. The molecule has 5 aromatic rings. The quantitative estimate of drug-likeness (QED) is 0.430. The number of nitrogens with one attached hydrogen (secondary N) is 1. The van der Waals surface area contributed by atoms with E-state index in [9.17, 15) is 0 Å². The molecule has 0 saturated heterocycles. The van der Waals surface area contributed by atoms with Crippen molar-refractivity contribution in [2.45, 2.75) is 17.3 Å². The molecule has 0 saturated carbocycles. The summed E-state index contributed by atoms with van der Waals surface area (Å²) < 4.78 is 11.0. The first-order valence-electron chi connectivity index (χ1n) is 8.97. The molecule has 1 atom stereocenters. The minimum atomic E-state index is -0.127. The van der Waals surface area contributed by atoms with Crippen molar-refractivity contribution in [2.75, 3.05) is 7.11 Å². The molecule has 8 nitrogen and oxygen atoms in total. The summed E-state index contributed by atoms with van der Waals surface area (Å²) in [6.45, 7) is 1.97. The van der Waals surface area contributed by atoms with E-state index in [-0.39, 0.29) is 5.25 Å². The molecule has 3 aromatic heterocycles. The Balaban J connectivity index is 1.37. The third-order valence-corrected chi connectivity index (χ3v) is 5.45. The van der Waals surface area contributed by atoms with Crippen LogP contribution < -0.4 is 4.74 Å². The molecule has 0 bridgehead atoms. The molecule has 0 aliphatic carbocycles. The summed E-state index contributed by atoms with van der Waals surface area (Å²) in [5, 5.41) is 18.3. The van der Waals surface area contributed by atoms with Crippen molar-refractivity contribution in [3.05, 3.63) is 54.4 Å². The van der Waals surface area contributed by atoms with Gasteiger partial charge < -0.3 is 14.1 Å². The summed E-state index contributed by atoms with van der Waals surface area (Å²) in [6, 6.07) is 15.4. The largest absolute Gasteiger partial charge is 0.497 e. The molecule has 2 aromatic carbocycles. The molecule has 29 heavy (non-hydrogen) atoms. The molecular weight excluding hydrogens is 388 g/mol. The average Bonchev–Trinajstić information content (AvgIpc) is 3.38. The van der Waals surface area contributed by atoms with Gasteiger partial charge in [0.1, 0.15) is 11.3 Å². The standard InChI is InChI=1S/C20H16N6O2S/c1-11(18-24-25-19(28-18)12-7-9-13(27-2)10-8-12)29-20-22-17-16(23-26-20)14-5-3-4-6-15(14)21-17/h3-11H,1-2H3,(H,21,22,26)/t11-/m1/s1. The Morgan fingerprint density at radius 1 is 1.00 bits per heavy atom. The number of H-pyrrole nitrogens is 1. The Morgan fingerprint density at radius 2 is 1.83 bits per heavy atom. The maximum atomic E-state index is 5.85. The van der Waals surface area contributed by atoms with Crippen molar-refractivity contribution in [1.29, 1.82) is 0 Å². The lowest BCUT2D eigenvalue weighted by Gasteiger charge is -2.04.